The minimum Gasteiger partial charge on any atom is -0.487 e. The first-order chi connectivity index (χ1) is 15.5. The summed E-state index contributed by atoms with van der Waals surface area (Å²) >= 11 is 0. The van der Waals surface area contributed by atoms with E-state index in [2.05, 4.69) is 11.8 Å². The lowest BCUT2D eigenvalue weighted by Crippen LogP contribution is -2.50. The van der Waals surface area contributed by atoms with E-state index in [0.29, 0.717) is 12.1 Å². The van der Waals surface area contributed by atoms with Gasteiger partial charge in [-0.25, -0.2) is 8.42 Å². The van der Waals surface area contributed by atoms with Gasteiger partial charge in [-0.05, 0) is 38.0 Å². The van der Waals surface area contributed by atoms with Gasteiger partial charge in [0.2, 0.25) is 15.9 Å². The molecule has 0 saturated heterocycles. The maximum Gasteiger partial charge on any atom is 0.247 e. The molecule has 1 aromatic carbocycles. The number of benzene rings is 1. The number of hydrogen-bond acceptors (Lipinski definition) is 5. The number of likely N-dealkylation sites (N-methyl/N-ethyl adjacent to an activating group) is 1. The molecule has 1 N–H and O–H groups in total. The predicted octanol–water partition coefficient (Wildman–Crippen LogP) is 2.72. The van der Waals surface area contributed by atoms with E-state index in [-0.39, 0.29) is 47.5 Å². The van der Waals surface area contributed by atoms with Crippen molar-refractivity contribution in [1.82, 2.24) is 9.21 Å². The first-order valence-corrected chi connectivity index (χ1v) is 13.2. The number of sulfonamides is 1. The second-order valence-corrected chi connectivity index (χ2v) is 11.5. The van der Waals surface area contributed by atoms with Crippen LogP contribution in [0.5, 0.6) is 5.75 Å². The van der Waals surface area contributed by atoms with E-state index in [0.717, 1.165) is 19.3 Å². The first-order valence-electron chi connectivity index (χ1n) is 11.7. The quantitative estimate of drug-likeness (QED) is 0.661. The lowest BCUT2D eigenvalue weighted by molar-refractivity contribution is -0.138. The van der Waals surface area contributed by atoms with Crippen molar-refractivity contribution in [2.24, 2.45) is 17.8 Å². The molecule has 1 aromatic rings. The van der Waals surface area contributed by atoms with E-state index < -0.39 is 22.2 Å². The number of nitrogens with zero attached hydrogens (tertiary/aromatic N) is 2. The standard InChI is InChI=1S/C25H36N2O5S/c1-17(2)9-10-20-11-12-24-22(13-20)32-23(15-26(5)25(29)21-7-6-8-21)18(3)14-27(19(4)16-28)33(24,30)31/h11-13,17-19,21,23,28H,6-8,14-16H2,1-5H3/t18-,19+,23-/m1/s1. The van der Waals surface area contributed by atoms with Gasteiger partial charge in [0.05, 0.1) is 13.2 Å². The third kappa shape index (κ3) is 5.71. The first kappa shape index (κ1) is 25.5. The number of aliphatic hydroxyl groups is 1. The van der Waals surface area contributed by atoms with Crippen LogP contribution in [0.4, 0.5) is 0 Å². The molecule has 0 radical (unpaired) electrons. The molecule has 33 heavy (non-hydrogen) atoms. The molecule has 1 aliphatic heterocycles. The normalized spacial score (nSPS) is 23.7. The molecule has 1 heterocycles. The van der Waals surface area contributed by atoms with Crippen molar-refractivity contribution in [2.45, 2.75) is 64.0 Å². The van der Waals surface area contributed by atoms with Crippen molar-refractivity contribution in [3.63, 3.8) is 0 Å². The largest absolute Gasteiger partial charge is 0.487 e. The fraction of sp³-hybridized carbons (Fsp3) is 0.640. The number of fused-ring (bicyclic) bond motifs is 1. The topological polar surface area (TPSA) is 87.2 Å². The van der Waals surface area contributed by atoms with E-state index in [4.69, 9.17) is 4.74 Å². The van der Waals surface area contributed by atoms with Crippen LogP contribution in [0.2, 0.25) is 0 Å². The lowest BCUT2D eigenvalue weighted by Gasteiger charge is -2.38. The Hall–Kier alpha value is -2.08. The number of amides is 1. The Labute approximate surface area is 198 Å². The van der Waals surface area contributed by atoms with E-state index in [1.54, 1.807) is 31.0 Å². The zero-order valence-electron chi connectivity index (χ0n) is 20.2. The molecule has 1 aliphatic carbocycles. The SMILES string of the molecule is CC(C)C#Cc1ccc2c(c1)O[C@H](CN(C)C(=O)C1CCC1)[C@H](C)CN([C@@H](C)CO)S2(=O)=O. The second-order valence-electron chi connectivity index (χ2n) is 9.67. The van der Waals surface area contributed by atoms with Gasteiger partial charge in [-0.1, -0.05) is 39.0 Å². The highest BCUT2D eigenvalue weighted by atomic mass is 32.2. The minimum absolute atomic E-state index is 0.0581. The maximum atomic E-state index is 13.5. The highest BCUT2D eigenvalue weighted by Crippen LogP contribution is 2.34. The molecule has 1 amide bonds. The fourth-order valence-corrected chi connectivity index (χ4v) is 5.90. The van der Waals surface area contributed by atoms with Crippen molar-refractivity contribution in [2.75, 3.05) is 26.7 Å². The average molecular weight is 477 g/mol. The van der Waals surface area contributed by atoms with Gasteiger partial charge in [0.1, 0.15) is 16.7 Å². The second kappa shape index (κ2) is 10.5. The Morgan fingerprint density at radius 2 is 2.00 bits per heavy atom. The molecule has 7 nitrogen and oxygen atoms in total. The molecule has 0 unspecified atom stereocenters. The molecule has 1 saturated carbocycles. The Morgan fingerprint density at radius 3 is 2.58 bits per heavy atom. The molecule has 3 atom stereocenters. The molecule has 2 aliphatic rings. The Morgan fingerprint density at radius 1 is 1.30 bits per heavy atom. The van der Waals surface area contributed by atoms with E-state index >= 15 is 0 Å². The molecule has 0 aromatic heterocycles. The Kier molecular flexibility index (Phi) is 8.09. The van der Waals surface area contributed by atoms with Gasteiger partial charge in [0, 0.05) is 43.0 Å². The highest BCUT2D eigenvalue weighted by Gasteiger charge is 2.39. The van der Waals surface area contributed by atoms with Crippen LogP contribution in [0.3, 0.4) is 0 Å². The number of hydrogen-bond donors (Lipinski definition) is 1. The molecule has 1 fully saturated rings. The summed E-state index contributed by atoms with van der Waals surface area (Å²) in [4.78, 5) is 14.5. The lowest BCUT2D eigenvalue weighted by atomic mass is 9.84. The van der Waals surface area contributed by atoms with Crippen LogP contribution in [0.1, 0.15) is 52.5 Å². The van der Waals surface area contributed by atoms with Gasteiger partial charge in [-0.2, -0.15) is 4.31 Å². The number of carbonyl (C=O) groups excluding carboxylic acids is 1. The minimum atomic E-state index is -3.89. The van der Waals surface area contributed by atoms with Gasteiger partial charge in [-0.3, -0.25) is 4.79 Å². The Bertz CT molecular complexity index is 1020. The van der Waals surface area contributed by atoms with Crippen molar-refractivity contribution < 1.29 is 23.1 Å². The summed E-state index contributed by atoms with van der Waals surface area (Å²) in [5.74, 6) is 6.57. The predicted molar refractivity (Wildman–Crippen MR) is 127 cm³/mol. The van der Waals surface area contributed by atoms with Crippen molar-refractivity contribution >= 4 is 15.9 Å². The Balaban J connectivity index is 2.01. The summed E-state index contributed by atoms with van der Waals surface area (Å²) in [5.41, 5.74) is 0.672. The van der Waals surface area contributed by atoms with E-state index in [9.17, 15) is 18.3 Å². The molecular weight excluding hydrogens is 440 g/mol. The van der Waals surface area contributed by atoms with Gasteiger partial charge < -0.3 is 14.7 Å². The maximum absolute atomic E-state index is 13.5. The van der Waals surface area contributed by atoms with Crippen LogP contribution < -0.4 is 4.74 Å². The number of carbonyl (C=O) groups is 1. The van der Waals surface area contributed by atoms with E-state index in [1.807, 2.05) is 20.8 Å². The third-order valence-corrected chi connectivity index (χ3v) is 8.48. The number of rotatable bonds is 5. The summed E-state index contributed by atoms with van der Waals surface area (Å²) in [7, 11) is -2.11. The summed E-state index contributed by atoms with van der Waals surface area (Å²) in [6.07, 6.45) is 2.52. The summed E-state index contributed by atoms with van der Waals surface area (Å²) < 4.78 is 34.7. The highest BCUT2D eigenvalue weighted by molar-refractivity contribution is 7.89. The van der Waals surface area contributed by atoms with Crippen LogP contribution in [0.15, 0.2) is 23.1 Å². The molecule has 182 valence electrons. The van der Waals surface area contributed by atoms with Crippen LogP contribution in [-0.2, 0) is 14.8 Å². The average Bonchev–Trinajstić information content (AvgIpc) is 2.72. The summed E-state index contributed by atoms with van der Waals surface area (Å²) in [6.45, 7) is 7.85. The molecule has 3 rings (SSSR count). The third-order valence-electron chi connectivity index (χ3n) is 6.46. The van der Waals surface area contributed by atoms with Gasteiger partial charge in [0.15, 0.2) is 0 Å². The molecule has 8 heteroatoms. The summed E-state index contributed by atoms with van der Waals surface area (Å²) in [6, 6.07) is 4.30. The smallest absolute Gasteiger partial charge is 0.247 e. The van der Waals surface area contributed by atoms with Crippen molar-refractivity contribution in [1.29, 1.82) is 0 Å². The zero-order chi connectivity index (χ0) is 24.3. The van der Waals surface area contributed by atoms with Crippen LogP contribution >= 0.6 is 0 Å². The van der Waals surface area contributed by atoms with E-state index in [1.165, 1.54) is 10.4 Å². The van der Waals surface area contributed by atoms with Gasteiger partial charge in [-0.15, -0.1) is 0 Å². The summed E-state index contributed by atoms with van der Waals surface area (Å²) in [5, 5.41) is 9.75. The van der Waals surface area contributed by atoms with Gasteiger partial charge >= 0.3 is 0 Å². The number of aliphatic hydroxyl groups excluding tert-OH is 1. The monoisotopic (exact) mass is 476 g/mol. The van der Waals surface area contributed by atoms with Crippen molar-refractivity contribution in [3.05, 3.63) is 23.8 Å². The van der Waals surface area contributed by atoms with Crippen molar-refractivity contribution in [3.8, 4) is 17.6 Å². The fourth-order valence-electron chi connectivity index (χ4n) is 4.08. The zero-order valence-corrected chi connectivity index (χ0v) is 21.1. The molecular formula is C25H36N2O5S. The van der Waals surface area contributed by atoms with Crippen LogP contribution in [0, 0.1) is 29.6 Å². The van der Waals surface area contributed by atoms with Crippen LogP contribution in [-0.4, -0.2) is 67.5 Å². The molecule has 0 bridgehead atoms. The number of ether oxygens (including phenoxy) is 1. The van der Waals surface area contributed by atoms with Gasteiger partial charge in [0.25, 0.3) is 0 Å². The van der Waals surface area contributed by atoms with Crippen LogP contribution in [0.25, 0.3) is 0 Å². The molecule has 0 spiro atoms.